The van der Waals surface area contributed by atoms with E-state index in [-0.39, 0.29) is 46.7 Å². The number of fused-ring (bicyclic) bond motifs is 2. The fraction of sp³-hybridized carbons (Fsp3) is 0.457. The van der Waals surface area contributed by atoms with Gasteiger partial charge in [0, 0.05) is 66.9 Å². The number of anilines is 1. The van der Waals surface area contributed by atoms with Gasteiger partial charge in [0.15, 0.2) is 5.78 Å². The summed E-state index contributed by atoms with van der Waals surface area (Å²) in [6, 6.07) is 6.31. The first kappa shape index (κ1) is 32.4. The fourth-order valence-electron chi connectivity index (χ4n) is 7.79. The molecule has 3 aromatic heterocycles. The van der Waals surface area contributed by atoms with Gasteiger partial charge in [-0.3, -0.25) is 19.1 Å². The van der Waals surface area contributed by atoms with Crippen molar-refractivity contribution < 1.29 is 18.8 Å². The van der Waals surface area contributed by atoms with Gasteiger partial charge in [-0.05, 0) is 77.4 Å². The van der Waals surface area contributed by atoms with Crippen LogP contribution in [0.1, 0.15) is 61.1 Å². The molecule has 7 rings (SSSR count). The highest BCUT2D eigenvalue weighted by Crippen LogP contribution is 2.60. The number of carbonyl (C=O) groups is 3. The van der Waals surface area contributed by atoms with Crippen LogP contribution in [0.5, 0.6) is 0 Å². The lowest BCUT2D eigenvalue weighted by Crippen LogP contribution is -2.54. The number of halogens is 2. The highest BCUT2D eigenvalue weighted by molar-refractivity contribution is 9.10. The number of rotatable bonds is 9. The van der Waals surface area contributed by atoms with E-state index in [1.54, 1.807) is 36.4 Å². The molecule has 1 aromatic carbocycles. The third kappa shape index (κ3) is 5.80. The van der Waals surface area contributed by atoms with E-state index in [2.05, 4.69) is 60.0 Å². The van der Waals surface area contributed by atoms with Gasteiger partial charge >= 0.3 is 0 Å². The predicted octanol–water partition coefficient (Wildman–Crippen LogP) is 5.28. The van der Waals surface area contributed by atoms with E-state index in [1.165, 1.54) is 11.6 Å². The van der Waals surface area contributed by atoms with Gasteiger partial charge in [0.1, 0.15) is 41.2 Å². The Balaban J connectivity index is 1.22. The van der Waals surface area contributed by atoms with Crippen LogP contribution in [0.3, 0.4) is 0 Å². The monoisotopic (exact) mass is 716 g/mol. The maximum atomic E-state index is 14.7. The Kier molecular flexibility index (Phi) is 7.97. The molecule has 5 heterocycles. The number of benzene rings is 1. The molecule has 11 nitrogen and oxygen atoms in total. The van der Waals surface area contributed by atoms with Crippen molar-refractivity contribution in [3.8, 4) is 11.1 Å². The number of alkyl halides is 1. The van der Waals surface area contributed by atoms with Crippen LogP contribution in [0, 0.1) is 24.7 Å². The second-order valence-corrected chi connectivity index (χ2v) is 15.3. The van der Waals surface area contributed by atoms with Gasteiger partial charge in [-0.25, -0.2) is 19.3 Å². The van der Waals surface area contributed by atoms with Crippen molar-refractivity contribution in [1.29, 1.82) is 0 Å². The van der Waals surface area contributed by atoms with Crippen LogP contribution in [0.15, 0.2) is 41.3 Å². The number of likely N-dealkylation sites (tertiary alicyclic amines) is 2. The number of hydrogen-bond donors (Lipinski definition) is 1. The van der Waals surface area contributed by atoms with E-state index < -0.39 is 12.7 Å². The van der Waals surface area contributed by atoms with Crippen LogP contribution in [0.25, 0.3) is 22.0 Å². The standard InChI is InChI=1S/C35H38BrFN8O3/c1-19-6-7-28(36)40-32(19)41-33(48)26-10-35(18-43-16-34(4,5)17-43)11-27(35)45(26)29(47)15-44-31-23(12-37)8-22(24-13-38-21(3)39-14-24)9-25(31)30(42-44)20(2)46/h6-9,13-14,26-27H,10-12,15-18H2,1-5H3,(H,40,41,48)/t26-,27?,35-/m0/s1. The number of Topliss-reactive ketones (excluding diaryl/α,β-unsaturated/α-hetero) is 1. The average Bonchev–Trinajstić information content (AvgIpc) is 3.42. The zero-order chi connectivity index (χ0) is 34.1. The maximum Gasteiger partial charge on any atom is 0.248 e. The second-order valence-electron chi connectivity index (χ2n) is 14.4. The van der Waals surface area contributed by atoms with Gasteiger partial charge in [0.25, 0.3) is 0 Å². The Bertz CT molecular complexity index is 1970. The molecule has 1 N–H and O–H groups in total. The molecule has 1 aliphatic carbocycles. The molecular formula is C35H38BrFN8O3. The Labute approximate surface area is 286 Å². The summed E-state index contributed by atoms with van der Waals surface area (Å²) in [5.41, 5.74) is 3.03. The maximum absolute atomic E-state index is 14.7. The number of carbonyl (C=O) groups excluding carboxylic acids is 3. The summed E-state index contributed by atoms with van der Waals surface area (Å²) in [5, 5.41) is 7.98. The molecule has 250 valence electrons. The largest absolute Gasteiger partial charge is 0.325 e. The van der Waals surface area contributed by atoms with E-state index in [0.717, 1.165) is 31.6 Å². The highest BCUT2D eigenvalue weighted by Gasteiger charge is 2.68. The van der Waals surface area contributed by atoms with Gasteiger partial charge < -0.3 is 15.1 Å². The lowest BCUT2D eigenvalue weighted by atomic mass is 9.83. The van der Waals surface area contributed by atoms with Crippen molar-refractivity contribution in [2.75, 3.05) is 25.0 Å². The summed E-state index contributed by atoms with van der Waals surface area (Å²) in [5.74, 6) is 0.140. The molecule has 2 aliphatic heterocycles. The smallest absolute Gasteiger partial charge is 0.248 e. The minimum atomic E-state index is -0.833. The zero-order valence-electron chi connectivity index (χ0n) is 27.7. The summed E-state index contributed by atoms with van der Waals surface area (Å²) >= 11 is 3.38. The van der Waals surface area contributed by atoms with E-state index in [9.17, 15) is 18.8 Å². The number of ketones is 1. The minimum Gasteiger partial charge on any atom is -0.325 e. The number of piperidine rings is 1. The Hall–Kier alpha value is -4.10. The summed E-state index contributed by atoms with van der Waals surface area (Å²) in [4.78, 5) is 58.2. The van der Waals surface area contributed by atoms with Crippen molar-refractivity contribution >= 4 is 50.2 Å². The first-order valence-corrected chi connectivity index (χ1v) is 16.9. The molecular weight excluding hydrogens is 679 g/mol. The van der Waals surface area contributed by atoms with E-state index in [0.29, 0.717) is 50.3 Å². The van der Waals surface area contributed by atoms with E-state index >= 15 is 0 Å². The van der Waals surface area contributed by atoms with Crippen LogP contribution >= 0.6 is 15.9 Å². The zero-order valence-corrected chi connectivity index (χ0v) is 29.3. The molecule has 3 atom stereocenters. The molecule has 48 heavy (non-hydrogen) atoms. The Morgan fingerprint density at radius 1 is 1.06 bits per heavy atom. The SMILES string of the molecule is CC(=O)c1nn(CC(=O)N2C3C[C@]3(CN3CC(C)(C)C3)C[C@H]2C(=O)Nc2nc(Br)ccc2C)c2c(CF)cc(-c3cnc(C)nc3)cc12. The first-order valence-electron chi connectivity index (χ1n) is 16.1. The lowest BCUT2D eigenvalue weighted by Gasteiger charge is -2.47. The summed E-state index contributed by atoms with van der Waals surface area (Å²) < 4.78 is 16.7. The Morgan fingerprint density at radius 2 is 1.79 bits per heavy atom. The number of amides is 2. The second kappa shape index (κ2) is 11.8. The van der Waals surface area contributed by atoms with Gasteiger partial charge in [-0.2, -0.15) is 5.10 Å². The van der Waals surface area contributed by atoms with Crippen LogP contribution in [-0.4, -0.2) is 83.8 Å². The lowest BCUT2D eigenvalue weighted by molar-refractivity contribution is -0.138. The fourth-order valence-corrected chi connectivity index (χ4v) is 8.10. The molecule has 3 fully saturated rings. The quantitative estimate of drug-likeness (QED) is 0.183. The molecule has 0 bridgehead atoms. The van der Waals surface area contributed by atoms with Gasteiger partial charge in [-0.15, -0.1) is 0 Å². The Morgan fingerprint density at radius 3 is 2.46 bits per heavy atom. The summed E-state index contributed by atoms with van der Waals surface area (Å²) in [6.45, 7) is 11.2. The van der Waals surface area contributed by atoms with Crippen LogP contribution < -0.4 is 5.32 Å². The van der Waals surface area contributed by atoms with Crippen molar-refractivity contribution in [3.63, 3.8) is 0 Å². The topological polar surface area (TPSA) is 126 Å². The molecule has 0 radical (unpaired) electrons. The minimum absolute atomic E-state index is 0.107. The number of nitrogens with zero attached hydrogens (tertiary/aromatic N) is 7. The number of hydrogen-bond acceptors (Lipinski definition) is 8. The van der Waals surface area contributed by atoms with E-state index in [4.69, 9.17) is 0 Å². The van der Waals surface area contributed by atoms with Gasteiger partial charge in [0.2, 0.25) is 11.8 Å². The molecule has 1 unspecified atom stereocenters. The van der Waals surface area contributed by atoms with E-state index in [1.807, 2.05) is 19.1 Å². The van der Waals surface area contributed by atoms with Crippen LogP contribution in [-0.2, 0) is 22.8 Å². The third-order valence-corrected chi connectivity index (χ3v) is 10.4. The average molecular weight is 718 g/mol. The molecule has 2 saturated heterocycles. The molecule has 1 saturated carbocycles. The van der Waals surface area contributed by atoms with Gasteiger partial charge in [-0.1, -0.05) is 19.9 Å². The van der Waals surface area contributed by atoms with Gasteiger partial charge in [0.05, 0.1) is 5.52 Å². The molecule has 13 heteroatoms. The highest BCUT2D eigenvalue weighted by atomic mass is 79.9. The molecule has 3 aliphatic rings. The molecule has 4 aromatic rings. The van der Waals surface area contributed by atoms with Crippen molar-refractivity contribution in [2.24, 2.45) is 10.8 Å². The molecule has 0 spiro atoms. The number of aryl methyl sites for hydroxylation is 2. The third-order valence-electron chi connectivity index (χ3n) is 9.95. The normalized spacial score (nSPS) is 22.8. The van der Waals surface area contributed by atoms with Crippen LogP contribution in [0.4, 0.5) is 10.2 Å². The van der Waals surface area contributed by atoms with Crippen molar-refractivity contribution in [3.05, 3.63) is 63.9 Å². The molecule has 2 amide bonds. The van der Waals surface area contributed by atoms with Crippen LogP contribution in [0.2, 0.25) is 0 Å². The number of aromatic nitrogens is 5. The number of pyridine rings is 1. The first-order chi connectivity index (χ1) is 22.8. The van der Waals surface area contributed by atoms with Crippen molar-refractivity contribution in [1.82, 2.24) is 34.5 Å². The summed E-state index contributed by atoms with van der Waals surface area (Å²) in [6.07, 6.45) is 4.65. The predicted molar refractivity (Wildman–Crippen MR) is 182 cm³/mol. The summed E-state index contributed by atoms with van der Waals surface area (Å²) in [7, 11) is 0. The number of nitrogens with one attached hydrogen (secondary N) is 1. The van der Waals surface area contributed by atoms with Crippen molar-refractivity contribution in [2.45, 2.75) is 72.8 Å².